The highest BCUT2D eigenvalue weighted by atomic mass is 16.5. The van der Waals surface area contributed by atoms with E-state index in [1.807, 2.05) is 0 Å². The molecule has 114 valence electrons. The molecule has 0 saturated carbocycles. The van der Waals surface area contributed by atoms with Crippen LogP contribution in [0.15, 0.2) is 18.2 Å². The molecule has 2 heterocycles. The highest BCUT2D eigenvalue weighted by Crippen LogP contribution is 2.39. The van der Waals surface area contributed by atoms with E-state index in [1.54, 1.807) is 12.7 Å². The van der Waals surface area contributed by atoms with Crippen molar-refractivity contribution in [2.75, 3.05) is 26.7 Å². The lowest BCUT2D eigenvalue weighted by molar-refractivity contribution is 0.212. The van der Waals surface area contributed by atoms with Crippen molar-refractivity contribution in [1.82, 2.24) is 10.2 Å². The molecule has 4 rings (SSSR count). The molecular weight excluding hydrogens is 260 g/mol. The fraction of sp³-hybridized carbons (Fsp3) is 0.667. The van der Waals surface area contributed by atoms with Crippen LogP contribution in [-0.4, -0.2) is 37.7 Å². The second kappa shape index (κ2) is 5.62. The number of ether oxygens (including phenoxy) is 1. The minimum absolute atomic E-state index is 0.632. The number of hydrogen-bond donors (Lipinski definition) is 1. The Labute approximate surface area is 127 Å². The number of aryl methyl sites for hydroxylation is 1. The molecule has 0 radical (unpaired) electrons. The van der Waals surface area contributed by atoms with Crippen molar-refractivity contribution in [1.29, 1.82) is 0 Å². The molecule has 21 heavy (non-hydrogen) atoms. The summed E-state index contributed by atoms with van der Waals surface area (Å²) in [6, 6.07) is 8.07. The summed E-state index contributed by atoms with van der Waals surface area (Å²) in [6.07, 6.45) is 6.61. The van der Waals surface area contributed by atoms with Crippen molar-refractivity contribution in [3.63, 3.8) is 0 Å². The van der Waals surface area contributed by atoms with Crippen LogP contribution in [0.5, 0.6) is 5.75 Å². The van der Waals surface area contributed by atoms with E-state index in [0.717, 1.165) is 17.7 Å². The predicted molar refractivity (Wildman–Crippen MR) is 84.8 cm³/mol. The Morgan fingerprint density at radius 1 is 1.19 bits per heavy atom. The summed E-state index contributed by atoms with van der Waals surface area (Å²) < 4.78 is 5.39. The molecule has 3 atom stereocenters. The van der Waals surface area contributed by atoms with Crippen LogP contribution in [-0.2, 0) is 6.42 Å². The second-order valence-electron chi connectivity index (χ2n) is 6.89. The first kappa shape index (κ1) is 13.6. The Hall–Kier alpha value is -1.06. The van der Waals surface area contributed by atoms with E-state index < -0.39 is 0 Å². The maximum Gasteiger partial charge on any atom is 0.119 e. The molecule has 0 bridgehead atoms. The highest BCUT2D eigenvalue weighted by Gasteiger charge is 2.38. The minimum Gasteiger partial charge on any atom is -0.497 e. The summed E-state index contributed by atoms with van der Waals surface area (Å²) in [5.41, 5.74) is 3.06. The summed E-state index contributed by atoms with van der Waals surface area (Å²) >= 11 is 0. The van der Waals surface area contributed by atoms with Crippen molar-refractivity contribution < 1.29 is 4.74 Å². The summed E-state index contributed by atoms with van der Waals surface area (Å²) in [5.74, 6) is 1.88. The van der Waals surface area contributed by atoms with Gasteiger partial charge in [0.2, 0.25) is 0 Å². The van der Waals surface area contributed by atoms with Crippen molar-refractivity contribution in [3.05, 3.63) is 29.3 Å². The Bertz CT molecular complexity index is 502. The number of piperidine rings is 1. The van der Waals surface area contributed by atoms with Crippen LogP contribution in [0.2, 0.25) is 0 Å². The third kappa shape index (κ3) is 2.47. The summed E-state index contributed by atoms with van der Waals surface area (Å²) in [6.45, 7) is 3.74. The van der Waals surface area contributed by atoms with Crippen LogP contribution < -0.4 is 10.1 Å². The van der Waals surface area contributed by atoms with E-state index in [4.69, 9.17) is 4.74 Å². The predicted octanol–water partition coefficient (Wildman–Crippen LogP) is 2.76. The van der Waals surface area contributed by atoms with E-state index in [1.165, 1.54) is 57.3 Å². The van der Waals surface area contributed by atoms with Gasteiger partial charge in [0, 0.05) is 25.2 Å². The number of likely N-dealkylation sites (tertiary alicyclic amines) is 1. The maximum absolute atomic E-state index is 5.39. The van der Waals surface area contributed by atoms with Gasteiger partial charge in [-0.05, 0) is 67.8 Å². The molecule has 1 aromatic carbocycles. The van der Waals surface area contributed by atoms with Crippen LogP contribution in [0.3, 0.4) is 0 Å². The molecule has 0 spiro atoms. The van der Waals surface area contributed by atoms with E-state index in [-0.39, 0.29) is 0 Å². The average molecular weight is 286 g/mol. The Balaban J connectivity index is 1.57. The van der Waals surface area contributed by atoms with Gasteiger partial charge in [0.1, 0.15) is 5.75 Å². The number of fused-ring (bicyclic) bond motifs is 2. The first-order valence-corrected chi connectivity index (χ1v) is 8.49. The SMILES string of the molecule is COc1ccc2c(c1)CCCC2N1C[C@@H]2CCCN[C@@H]2C1. The first-order chi connectivity index (χ1) is 10.3. The standard InChI is InChI=1S/C18H26N2O/c1-21-15-7-8-16-13(10-15)4-2-6-18(16)20-11-14-5-3-9-19-17(14)12-20/h7-8,10,14,17-19H,2-6,9,11-12H2,1H3/t14-,17+,18?/m0/s1. The monoisotopic (exact) mass is 286 g/mol. The second-order valence-corrected chi connectivity index (χ2v) is 6.89. The molecule has 0 amide bonds. The van der Waals surface area contributed by atoms with Crippen LogP contribution >= 0.6 is 0 Å². The molecule has 2 saturated heterocycles. The van der Waals surface area contributed by atoms with Gasteiger partial charge in [-0.15, -0.1) is 0 Å². The number of methoxy groups -OCH3 is 1. The average Bonchev–Trinajstić information content (AvgIpc) is 2.97. The molecule has 2 fully saturated rings. The fourth-order valence-corrected chi connectivity index (χ4v) is 4.61. The summed E-state index contributed by atoms with van der Waals surface area (Å²) in [4.78, 5) is 2.75. The van der Waals surface area contributed by atoms with Gasteiger partial charge in [0.05, 0.1) is 7.11 Å². The lowest BCUT2D eigenvalue weighted by Gasteiger charge is -2.33. The van der Waals surface area contributed by atoms with Crippen molar-refractivity contribution in [2.24, 2.45) is 5.92 Å². The van der Waals surface area contributed by atoms with Gasteiger partial charge in [-0.2, -0.15) is 0 Å². The van der Waals surface area contributed by atoms with Crippen LogP contribution in [0.4, 0.5) is 0 Å². The molecule has 3 nitrogen and oxygen atoms in total. The normalized spacial score (nSPS) is 32.5. The number of benzene rings is 1. The van der Waals surface area contributed by atoms with E-state index in [9.17, 15) is 0 Å². The molecule has 0 aromatic heterocycles. The van der Waals surface area contributed by atoms with Crippen molar-refractivity contribution >= 4 is 0 Å². The maximum atomic E-state index is 5.39. The number of hydrogen-bond acceptors (Lipinski definition) is 3. The zero-order valence-electron chi connectivity index (χ0n) is 13.0. The molecule has 1 aromatic rings. The van der Waals surface area contributed by atoms with Gasteiger partial charge in [0.25, 0.3) is 0 Å². The van der Waals surface area contributed by atoms with Gasteiger partial charge in [0.15, 0.2) is 0 Å². The number of nitrogens with zero attached hydrogens (tertiary/aromatic N) is 1. The highest BCUT2D eigenvalue weighted by molar-refractivity contribution is 5.39. The van der Waals surface area contributed by atoms with Crippen LogP contribution in [0, 0.1) is 5.92 Å². The van der Waals surface area contributed by atoms with Crippen molar-refractivity contribution in [2.45, 2.75) is 44.2 Å². The quantitative estimate of drug-likeness (QED) is 0.905. The molecular formula is C18H26N2O. The lowest BCUT2D eigenvalue weighted by atomic mass is 9.86. The summed E-state index contributed by atoms with van der Waals surface area (Å²) in [5, 5.41) is 3.73. The molecule has 3 aliphatic rings. The third-order valence-corrected chi connectivity index (χ3v) is 5.70. The largest absolute Gasteiger partial charge is 0.497 e. The summed E-state index contributed by atoms with van der Waals surface area (Å²) in [7, 11) is 1.76. The molecule has 1 aliphatic carbocycles. The molecule has 3 heteroatoms. The molecule has 2 aliphatic heterocycles. The number of nitrogens with one attached hydrogen (secondary N) is 1. The Kier molecular flexibility index (Phi) is 3.64. The Morgan fingerprint density at radius 2 is 2.14 bits per heavy atom. The lowest BCUT2D eigenvalue weighted by Crippen LogP contribution is -2.41. The van der Waals surface area contributed by atoms with Gasteiger partial charge in [-0.3, -0.25) is 4.90 Å². The zero-order chi connectivity index (χ0) is 14.2. The van der Waals surface area contributed by atoms with E-state index >= 15 is 0 Å². The topological polar surface area (TPSA) is 24.5 Å². The van der Waals surface area contributed by atoms with Gasteiger partial charge < -0.3 is 10.1 Å². The molecule has 1 N–H and O–H groups in total. The fourth-order valence-electron chi connectivity index (χ4n) is 4.61. The number of rotatable bonds is 2. The van der Waals surface area contributed by atoms with Gasteiger partial charge in [-0.1, -0.05) is 6.07 Å². The zero-order valence-corrected chi connectivity index (χ0v) is 13.0. The third-order valence-electron chi connectivity index (χ3n) is 5.70. The smallest absolute Gasteiger partial charge is 0.119 e. The Morgan fingerprint density at radius 3 is 3.00 bits per heavy atom. The van der Waals surface area contributed by atoms with Gasteiger partial charge in [-0.25, -0.2) is 0 Å². The first-order valence-electron chi connectivity index (χ1n) is 8.49. The van der Waals surface area contributed by atoms with Crippen molar-refractivity contribution in [3.8, 4) is 5.75 Å². The van der Waals surface area contributed by atoms with E-state index in [2.05, 4.69) is 28.4 Å². The van der Waals surface area contributed by atoms with Crippen LogP contribution in [0.1, 0.15) is 42.9 Å². The van der Waals surface area contributed by atoms with E-state index in [0.29, 0.717) is 6.04 Å². The minimum atomic E-state index is 0.632. The van der Waals surface area contributed by atoms with Crippen LogP contribution in [0.25, 0.3) is 0 Å². The molecule has 1 unspecified atom stereocenters. The van der Waals surface area contributed by atoms with Gasteiger partial charge >= 0.3 is 0 Å².